The Bertz CT molecular complexity index is 1820. The number of hydrogen-bond donors (Lipinski definition) is 0. The third-order valence-corrected chi connectivity index (χ3v) is 6.96. The molecule has 0 radical (unpaired) electrons. The predicted molar refractivity (Wildman–Crippen MR) is 149 cm³/mol. The predicted octanol–water partition coefficient (Wildman–Crippen LogP) is 6.21. The number of ether oxygens (including phenoxy) is 1. The van der Waals surface area contributed by atoms with Gasteiger partial charge in [0.1, 0.15) is 12.4 Å². The van der Waals surface area contributed by atoms with Crippen LogP contribution in [0.2, 0.25) is 0 Å². The van der Waals surface area contributed by atoms with Crippen molar-refractivity contribution in [3.05, 3.63) is 102 Å². The van der Waals surface area contributed by atoms with E-state index >= 15 is 0 Å². The Morgan fingerprint density at radius 1 is 0.897 bits per heavy atom. The van der Waals surface area contributed by atoms with Gasteiger partial charge in [0.15, 0.2) is 11.5 Å². The maximum absolute atomic E-state index is 13.5. The summed E-state index contributed by atoms with van der Waals surface area (Å²) in [5.41, 5.74) is 5.46. The fraction of sp³-hybridized carbons (Fsp3) is 0.125. The van der Waals surface area contributed by atoms with Crippen LogP contribution in [0.3, 0.4) is 0 Å². The van der Waals surface area contributed by atoms with E-state index in [0.717, 1.165) is 32.9 Å². The molecule has 0 atom stereocenters. The van der Waals surface area contributed by atoms with Crippen molar-refractivity contribution in [2.24, 2.45) is 5.16 Å². The van der Waals surface area contributed by atoms with E-state index in [1.807, 2.05) is 85.8 Å². The summed E-state index contributed by atoms with van der Waals surface area (Å²) >= 11 is 0. The highest BCUT2D eigenvalue weighted by Gasteiger charge is 2.29. The van der Waals surface area contributed by atoms with Crippen LogP contribution in [-0.4, -0.2) is 34.4 Å². The number of aryl methyl sites for hydroxylation is 1. The van der Waals surface area contributed by atoms with Crippen LogP contribution in [0.4, 0.5) is 0 Å². The number of hydrogen-bond acceptors (Lipinski definition) is 6. The summed E-state index contributed by atoms with van der Waals surface area (Å²) in [6.07, 6.45) is 0. The molecule has 0 saturated heterocycles. The topological polar surface area (TPSA) is 87.0 Å². The molecule has 6 rings (SSSR count). The number of Topliss-reactive ketones (excluding diaryl/α,β-unsaturated/α-hetero) is 1. The molecule has 192 valence electrons. The van der Waals surface area contributed by atoms with Crippen LogP contribution in [0.1, 0.15) is 40.1 Å². The average molecular weight is 517 g/mol. The number of carbonyl (C=O) groups is 3. The number of rotatable bonds is 5. The van der Waals surface area contributed by atoms with E-state index in [1.54, 1.807) is 6.07 Å². The van der Waals surface area contributed by atoms with Crippen molar-refractivity contribution in [2.75, 3.05) is 6.61 Å². The van der Waals surface area contributed by atoms with E-state index in [9.17, 15) is 14.4 Å². The number of oxime groups is 1. The SMILES string of the molecule is CCn1c2ccc(C(=O)c3ccc(-c4ccccc4)cc3)cc2c2c3c(ccc21)C(=O)/C(=N/OC(C)=O)CO3. The van der Waals surface area contributed by atoms with E-state index in [4.69, 9.17) is 4.74 Å². The number of fused-ring (bicyclic) bond motifs is 5. The summed E-state index contributed by atoms with van der Waals surface area (Å²) in [4.78, 5) is 42.4. The quantitative estimate of drug-likeness (QED) is 0.158. The van der Waals surface area contributed by atoms with Gasteiger partial charge in [-0.3, -0.25) is 9.59 Å². The van der Waals surface area contributed by atoms with Gasteiger partial charge in [-0.1, -0.05) is 59.8 Å². The Hall–Kier alpha value is -5.04. The molecular formula is C32H24N2O5. The summed E-state index contributed by atoms with van der Waals surface area (Å²) < 4.78 is 8.15. The normalized spacial score (nSPS) is 13.9. The Balaban J connectivity index is 1.43. The third-order valence-electron chi connectivity index (χ3n) is 6.96. The second kappa shape index (κ2) is 9.68. The van der Waals surface area contributed by atoms with E-state index < -0.39 is 5.97 Å². The molecule has 5 aromatic rings. The van der Waals surface area contributed by atoms with Gasteiger partial charge in [-0.05, 0) is 48.4 Å². The Morgan fingerprint density at radius 3 is 2.31 bits per heavy atom. The molecule has 0 saturated carbocycles. The van der Waals surface area contributed by atoms with Crippen molar-refractivity contribution in [1.82, 2.24) is 4.57 Å². The molecule has 39 heavy (non-hydrogen) atoms. The van der Waals surface area contributed by atoms with Crippen LogP contribution >= 0.6 is 0 Å². The molecule has 7 heteroatoms. The van der Waals surface area contributed by atoms with Crippen LogP contribution < -0.4 is 4.74 Å². The van der Waals surface area contributed by atoms with Crippen LogP contribution in [0.25, 0.3) is 32.9 Å². The molecule has 0 spiro atoms. The van der Waals surface area contributed by atoms with Gasteiger partial charge in [0.2, 0.25) is 5.78 Å². The van der Waals surface area contributed by atoms with E-state index in [2.05, 4.69) is 14.6 Å². The zero-order valence-electron chi connectivity index (χ0n) is 21.4. The van der Waals surface area contributed by atoms with Crippen molar-refractivity contribution in [1.29, 1.82) is 0 Å². The minimum Gasteiger partial charge on any atom is -0.485 e. The molecule has 1 aromatic heterocycles. The third kappa shape index (κ3) is 4.18. The lowest BCUT2D eigenvalue weighted by atomic mass is 9.97. The smallest absolute Gasteiger partial charge is 0.331 e. The monoisotopic (exact) mass is 516 g/mol. The first kappa shape index (κ1) is 24.3. The summed E-state index contributed by atoms with van der Waals surface area (Å²) in [7, 11) is 0. The second-order valence-electron chi connectivity index (χ2n) is 9.32. The summed E-state index contributed by atoms with van der Waals surface area (Å²) in [6.45, 7) is 3.83. The van der Waals surface area contributed by atoms with Gasteiger partial charge in [-0.25, -0.2) is 4.79 Å². The average Bonchev–Trinajstić information content (AvgIpc) is 3.30. The zero-order chi connectivity index (χ0) is 27.1. The zero-order valence-corrected chi connectivity index (χ0v) is 21.4. The second-order valence-corrected chi connectivity index (χ2v) is 9.32. The van der Waals surface area contributed by atoms with Crippen molar-refractivity contribution < 1.29 is 24.0 Å². The summed E-state index contributed by atoms with van der Waals surface area (Å²) in [5, 5.41) is 5.25. The largest absolute Gasteiger partial charge is 0.485 e. The number of ketones is 2. The highest BCUT2D eigenvalue weighted by molar-refractivity contribution is 6.48. The van der Waals surface area contributed by atoms with Crippen molar-refractivity contribution in [3.63, 3.8) is 0 Å². The first-order chi connectivity index (χ1) is 19.0. The Kier molecular flexibility index (Phi) is 6.04. The molecule has 0 fully saturated rings. The molecule has 1 aliphatic heterocycles. The maximum Gasteiger partial charge on any atom is 0.331 e. The standard InChI is InChI=1S/C32H24N2O5/c1-3-34-27-15-13-23(30(36)22-11-9-21(10-12-22)20-7-5-4-6-8-20)17-25(27)29-28(34)16-14-24-31(37)26(18-38-32(24)29)33-39-19(2)35/h4-17H,3,18H2,1-2H3/b33-26+. The number of carbonyl (C=O) groups excluding carboxylic acids is 3. The van der Waals surface area contributed by atoms with Crippen LogP contribution in [-0.2, 0) is 16.2 Å². The minimum absolute atomic E-state index is 0.0195. The van der Waals surface area contributed by atoms with Gasteiger partial charge >= 0.3 is 5.97 Å². The highest BCUT2D eigenvalue weighted by atomic mass is 16.7. The number of aromatic nitrogens is 1. The van der Waals surface area contributed by atoms with E-state index in [0.29, 0.717) is 29.0 Å². The molecule has 2 heterocycles. The van der Waals surface area contributed by atoms with Gasteiger partial charge in [0, 0.05) is 35.5 Å². The lowest BCUT2D eigenvalue weighted by molar-refractivity contribution is -0.140. The summed E-state index contributed by atoms with van der Waals surface area (Å²) in [5.74, 6) is -0.628. The molecule has 4 aromatic carbocycles. The Labute approximate surface area is 224 Å². The van der Waals surface area contributed by atoms with E-state index in [1.165, 1.54) is 6.92 Å². The molecule has 7 nitrogen and oxygen atoms in total. The fourth-order valence-corrected chi connectivity index (χ4v) is 5.13. The first-order valence-corrected chi connectivity index (χ1v) is 12.7. The van der Waals surface area contributed by atoms with Crippen LogP contribution in [0.15, 0.2) is 90.1 Å². The van der Waals surface area contributed by atoms with Crippen LogP contribution in [0, 0.1) is 0 Å². The van der Waals surface area contributed by atoms with Gasteiger partial charge < -0.3 is 14.1 Å². The summed E-state index contributed by atoms with van der Waals surface area (Å²) in [6, 6.07) is 26.8. The Morgan fingerprint density at radius 2 is 1.59 bits per heavy atom. The molecule has 0 N–H and O–H groups in total. The van der Waals surface area contributed by atoms with Crippen LogP contribution in [0.5, 0.6) is 5.75 Å². The molecular weight excluding hydrogens is 492 g/mol. The number of benzene rings is 4. The maximum atomic E-state index is 13.5. The molecule has 1 aliphatic rings. The first-order valence-electron chi connectivity index (χ1n) is 12.7. The lowest BCUT2D eigenvalue weighted by Crippen LogP contribution is -2.28. The molecule has 0 aliphatic carbocycles. The van der Waals surface area contributed by atoms with Crippen molar-refractivity contribution >= 4 is 45.1 Å². The number of nitrogens with zero attached hydrogens (tertiary/aromatic N) is 2. The van der Waals surface area contributed by atoms with E-state index in [-0.39, 0.29) is 23.9 Å². The van der Waals surface area contributed by atoms with Crippen molar-refractivity contribution in [2.45, 2.75) is 20.4 Å². The molecule has 0 unspecified atom stereocenters. The van der Waals surface area contributed by atoms with Gasteiger partial charge in [-0.15, -0.1) is 0 Å². The lowest BCUT2D eigenvalue weighted by Gasteiger charge is -2.18. The van der Waals surface area contributed by atoms with Gasteiger partial charge in [0.25, 0.3) is 0 Å². The molecule has 0 amide bonds. The molecule has 0 bridgehead atoms. The fourth-order valence-electron chi connectivity index (χ4n) is 5.13. The highest BCUT2D eigenvalue weighted by Crippen LogP contribution is 2.40. The van der Waals surface area contributed by atoms with Crippen molar-refractivity contribution in [3.8, 4) is 16.9 Å². The van der Waals surface area contributed by atoms with Gasteiger partial charge in [-0.2, -0.15) is 0 Å². The minimum atomic E-state index is -0.616. The van der Waals surface area contributed by atoms with Gasteiger partial charge in [0.05, 0.1) is 16.5 Å².